The Labute approximate surface area is 256 Å². The van der Waals surface area contributed by atoms with Crippen LogP contribution in [-0.4, -0.2) is 59.9 Å². The number of methoxy groups -OCH3 is 1. The van der Waals surface area contributed by atoms with E-state index in [1.807, 2.05) is 5.32 Å². The summed E-state index contributed by atoms with van der Waals surface area (Å²) >= 11 is 0. The average Bonchev–Trinajstić information content (AvgIpc) is 3.42. The monoisotopic (exact) mass is 651 g/mol. The van der Waals surface area contributed by atoms with Crippen molar-refractivity contribution in [2.24, 2.45) is 0 Å². The number of aliphatic hydroxyl groups is 1. The van der Waals surface area contributed by atoms with Gasteiger partial charge in [-0.3, -0.25) is 14.6 Å². The summed E-state index contributed by atoms with van der Waals surface area (Å²) in [7, 11) is 1.21. The zero-order valence-corrected chi connectivity index (χ0v) is 24.0. The van der Waals surface area contributed by atoms with Gasteiger partial charge in [-0.15, -0.1) is 0 Å². The van der Waals surface area contributed by atoms with Gasteiger partial charge in [-0.05, 0) is 55.5 Å². The van der Waals surface area contributed by atoms with Crippen LogP contribution < -0.4 is 14.8 Å². The highest BCUT2D eigenvalue weighted by atomic mass is 19.4. The molecule has 0 radical (unpaired) electrons. The van der Waals surface area contributed by atoms with E-state index in [2.05, 4.69) is 9.97 Å². The Balaban J connectivity index is 1.60. The Kier molecular flexibility index (Phi) is 8.40. The summed E-state index contributed by atoms with van der Waals surface area (Å²) in [5.41, 5.74) is -8.34. The van der Waals surface area contributed by atoms with Gasteiger partial charge in [0.05, 0.1) is 19.3 Å². The summed E-state index contributed by atoms with van der Waals surface area (Å²) < 4.78 is 109. The number of benzene rings is 2. The molecule has 0 spiro atoms. The number of carbonyl (C=O) groups excluding carboxylic acids is 2. The van der Waals surface area contributed by atoms with Crippen molar-refractivity contribution in [1.29, 1.82) is 0 Å². The summed E-state index contributed by atoms with van der Waals surface area (Å²) in [5, 5.41) is 13.2. The fraction of sp³-hybridized carbons (Fsp3) is 0.290. The van der Waals surface area contributed by atoms with Crippen molar-refractivity contribution >= 4 is 22.6 Å². The second kappa shape index (κ2) is 11.9. The zero-order valence-electron chi connectivity index (χ0n) is 24.0. The molecule has 2 aromatic heterocycles. The van der Waals surface area contributed by atoms with Crippen LogP contribution in [0, 0.1) is 5.82 Å². The minimum Gasteiger partial charge on any atom is -0.494 e. The molecule has 2 aromatic carbocycles. The highest BCUT2D eigenvalue weighted by molar-refractivity contribution is 6.00. The predicted molar refractivity (Wildman–Crippen MR) is 149 cm³/mol. The van der Waals surface area contributed by atoms with Crippen molar-refractivity contribution in [3.05, 3.63) is 82.9 Å². The maximum absolute atomic E-state index is 14.7. The number of alkyl halides is 6. The van der Waals surface area contributed by atoms with Crippen LogP contribution in [0.5, 0.6) is 11.5 Å². The molecular formula is C31H24F7N3O5. The van der Waals surface area contributed by atoms with Gasteiger partial charge < -0.3 is 19.9 Å². The number of rotatable bonds is 9. The second-order valence-electron chi connectivity index (χ2n) is 10.7. The summed E-state index contributed by atoms with van der Waals surface area (Å²) in [5.74, 6) is -2.87. The van der Waals surface area contributed by atoms with Gasteiger partial charge in [-0.25, -0.2) is 22.5 Å². The number of nitrogens with one attached hydrogen (secondary N) is 1. The molecular weight excluding hydrogens is 627 g/mol. The normalized spacial score (nSPS) is 17.4. The van der Waals surface area contributed by atoms with E-state index in [0.29, 0.717) is 6.07 Å². The van der Waals surface area contributed by atoms with Gasteiger partial charge in [0.25, 0.3) is 12.3 Å². The van der Waals surface area contributed by atoms with Crippen molar-refractivity contribution in [2.75, 3.05) is 26.9 Å². The van der Waals surface area contributed by atoms with Gasteiger partial charge in [0.2, 0.25) is 5.60 Å². The van der Waals surface area contributed by atoms with Crippen molar-refractivity contribution in [3.8, 4) is 22.8 Å². The molecule has 2 atom stereocenters. The number of pyridine rings is 2. The van der Waals surface area contributed by atoms with E-state index >= 15 is 0 Å². The number of ketones is 1. The van der Waals surface area contributed by atoms with Crippen molar-refractivity contribution in [2.45, 2.75) is 30.5 Å². The van der Waals surface area contributed by atoms with Gasteiger partial charge >= 0.3 is 6.18 Å². The van der Waals surface area contributed by atoms with Gasteiger partial charge in [0, 0.05) is 33.8 Å². The lowest BCUT2D eigenvalue weighted by molar-refractivity contribution is -0.265. The molecule has 5 rings (SSSR count). The maximum Gasteiger partial charge on any atom is 0.424 e. The first kappa shape index (κ1) is 32.6. The third kappa shape index (κ3) is 5.48. The fourth-order valence-corrected chi connectivity index (χ4v) is 5.11. The number of ether oxygens (including phenoxy) is 2. The van der Waals surface area contributed by atoms with Crippen molar-refractivity contribution in [1.82, 2.24) is 15.3 Å². The van der Waals surface area contributed by atoms with Crippen LogP contribution in [0.15, 0.2) is 54.7 Å². The maximum atomic E-state index is 14.7. The Hall–Kier alpha value is -4.79. The molecule has 15 heteroatoms. The van der Waals surface area contributed by atoms with Crippen molar-refractivity contribution in [3.63, 3.8) is 0 Å². The Bertz CT molecular complexity index is 1830. The van der Waals surface area contributed by atoms with E-state index in [9.17, 15) is 45.4 Å². The Morgan fingerprint density at radius 2 is 1.83 bits per heavy atom. The molecule has 0 saturated heterocycles. The van der Waals surface area contributed by atoms with Gasteiger partial charge in [0.1, 0.15) is 53.0 Å². The molecule has 0 fully saturated rings. The average molecular weight is 652 g/mol. The van der Waals surface area contributed by atoms with Crippen LogP contribution in [-0.2, 0) is 15.8 Å². The molecule has 0 bridgehead atoms. The topological polar surface area (TPSA) is 111 Å². The lowest BCUT2D eigenvalue weighted by Gasteiger charge is -2.31. The highest BCUT2D eigenvalue weighted by Crippen LogP contribution is 2.48. The fourth-order valence-electron chi connectivity index (χ4n) is 5.11. The molecule has 1 aliphatic heterocycles. The number of hydrogen-bond acceptors (Lipinski definition) is 7. The minimum absolute atomic E-state index is 0.0319. The summed E-state index contributed by atoms with van der Waals surface area (Å²) in [6.07, 6.45) is -7.49. The number of nitrogens with zero attached hydrogens (tertiary/aromatic N) is 2. The van der Waals surface area contributed by atoms with Gasteiger partial charge in [-0.1, -0.05) is 0 Å². The molecule has 0 saturated carbocycles. The minimum atomic E-state index is -5.51. The number of amides is 1. The molecule has 1 amide bonds. The summed E-state index contributed by atoms with van der Waals surface area (Å²) in [4.78, 5) is 33.6. The van der Waals surface area contributed by atoms with E-state index < -0.39 is 72.2 Å². The standard InChI is InChI=1S/C31H24F7N3O5/c1-15(42)29(12-32)14-46-26-21(29)10-23(41-25(26)16-3-5-20(33)6-4-16)30(44,31(36,37)38)13-40-28(43)18-7-17-8-19(27(34)35)11-39-24(17)22(9-18)45-2/h3-11,27,44H,12-14H2,1-2H3,(H,40,43)/t29-,30+/m1/s1. The van der Waals surface area contributed by atoms with E-state index in [1.54, 1.807) is 0 Å². The SMILES string of the molecule is COc1cc(C(=O)NC[C@](O)(c2cc3c(c(-c4ccc(F)cc4)n2)OC[C@]3(CF)C(C)=O)C(F)(F)F)cc2cc(C(F)F)cnc12. The molecule has 2 N–H and O–H groups in total. The summed E-state index contributed by atoms with van der Waals surface area (Å²) in [6, 6.07) is 8.30. The molecule has 1 aliphatic rings. The highest BCUT2D eigenvalue weighted by Gasteiger charge is 2.58. The number of fused-ring (bicyclic) bond motifs is 2. The van der Waals surface area contributed by atoms with Gasteiger partial charge in [0.15, 0.2) is 0 Å². The molecule has 242 valence electrons. The number of hydrogen-bond donors (Lipinski definition) is 2. The molecule has 3 heterocycles. The van der Waals surface area contributed by atoms with Crippen LogP contribution in [0.4, 0.5) is 30.7 Å². The number of carbonyl (C=O) groups is 2. The van der Waals surface area contributed by atoms with Crippen LogP contribution in [0.2, 0.25) is 0 Å². The second-order valence-corrected chi connectivity index (χ2v) is 10.7. The lowest BCUT2D eigenvalue weighted by atomic mass is 9.78. The number of halogens is 7. The quantitative estimate of drug-likeness (QED) is 0.222. The summed E-state index contributed by atoms with van der Waals surface area (Å²) in [6.45, 7) is -2.41. The van der Waals surface area contributed by atoms with Crippen LogP contribution in [0.3, 0.4) is 0 Å². The molecule has 0 aliphatic carbocycles. The smallest absolute Gasteiger partial charge is 0.424 e. The van der Waals surface area contributed by atoms with Gasteiger partial charge in [-0.2, -0.15) is 13.2 Å². The molecule has 8 nitrogen and oxygen atoms in total. The number of Topliss-reactive ketones (excluding diaryl/α,β-unsaturated/α-hetero) is 1. The lowest BCUT2D eigenvalue weighted by Crippen LogP contribution is -2.51. The number of aromatic nitrogens is 2. The first-order chi connectivity index (χ1) is 21.6. The predicted octanol–water partition coefficient (Wildman–Crippen LogP) is 5.75. The van der Waals surface area contributed by atoms with E-state index in [4.69, 9.17) is 9.47 Å². The van der Waals surface area contributed by atoms with E-state index in [-0.39, 0.29) is 44.8 Å². The van der Waals surface area contributed by atoms with Crippen LogP contribution in [0.1, 0.15) is 40.5 Å². The van der Waals surface area contributed by atoms with E-state index in [0.717, 1.165) is 43.5 Å². The Morgan fingerprint density at radius 1 is 1.13 bits per heavy atom. The van der Waals surface area contributed by atoms with Crippen LogP contribution in [0.25, 0.3) is 22.2 Å². The largest absolute Gasteiger partial charge is 0.494 e. The molecule has 46 heavy (non-hydrogen) atoms. The Morgan fingerprint density at radius 3 is 2.41 bits per heavy atom. The zero-order chi connectivity index (χ0) is 33.6. The van der Waals surface area contributed by atoms with Crippen molar-refractivity contribution < 1.29 is 54.9 Å². The third-order valence-corrected chi connectivity index (χ3v) is 7.87. The molecule has 4 aromatic rings. The van der Waals surface area contributed by atoms with Crippen LogP contribution >= 0.6 is 0 Å². The first-order valence-corrected chi connectivity index (χ1v) is 13.5. The first-order valence-electron chi connectivity index (χ1n) is 13.5. The third-order valence-electron chi connectivity index (χ3n) is 7.87. The van der Waals surface area contributed by atoms with E-state index in [1.165, 1.54) is 19.2 Å². The molecule has 0 unspecified atom stereocenters.